The van der Waals surface area contributed by atoms with Gasteiger partial charge in [0, 0.05) is 18.5 Å². The van der Waals surface area contributed by atoms with E-state index >= 15 is 0 Å². The summed E-state index contributed by atoms with van der Waals surface area (Å²) in [6.07, 6.45) is 4.85. The number of nitrogens with one attached hydrogen (secondary N) is 2. The van der Waals surface area contributed by atoms with Crippen molar-refractivity contribution < 1.29 is 4.92 Å². The van der Waals surface area contributed by atoms with Gasteiger partial charge in [0.05, 0.1) is 11.1 Å². The number of thiocarbonyl (C=S) groups is 1. The van der Waals surface area contributed by atoms with Gasteiger partial charge in [-0.05, 0) is 36.0 Å². The summed E-state index contributed by atoms with van der Waals surface area (Å²) in [6, 6.07) is 9.79. The van der Waals surface area contributed by atoms with E-state index in [-0.39, 0.29) is 10.8 Å². The van der Waals surface area contributed by atoms with Crippen LogP contribution in [0.3, 0.4) is 0 Å². The van der Waals surface area contributed by atoms with E-state index in [4.69, 9.17) is 12.2 Å². The molecule has 0 unspecified atom stereocenters. The molecule has 0 spiro atoms. The maximum atomic E-state index is 10.9. The molecule has 0 atom stereocenters. The van der Waals surface area contributed by atoms with E-state index in [1.165, 1.54) is 6.07 Å². The van der Waals surface area contributed by atoms with Crippen LogP contribution >= 0.6 is 12.2 Å². The van der Waals surface area contributed by atoms with E-state index < -0.39 is 4.92 Å². The van der Waals surface area contributed by atoms with Crippen LogP contribution in [-0.4, -0.2) is 21.2 Å². The van der Waals surface area contributed by atoms with Gasteiger partial charge in [-0.15, -0.1) is 0 Å². The molecule has 0 aliphatic rings. The van der Waals surface area contributed by atoms with Crippen molar-refractivity contribution in [3.05, 3.63) is 64.5 Å². The first kappa shape index (κ1) is 14.5. The number of aromatic nitrogens is 1. The molecule has 8 heteroatoms. The largest absolute Gasteiger partial charge is 0.326 e. The standard InChI is InChI=1S/C13H11N5O2S/c19-18(20)12-4-2-1-3-11(12)16-13(21)17-15-9-10-5-7-14-8-6-10/h1-9H,(H2,16,17,21)/b15-9-. The third-order valence-electron chi connectivity index (χ3n) is 2.43. The summed E-state index contributed by atoms with van der Waals surface area (Å²) in [7, 11) is 0. The zero-order valence-electron chi connectivity index (χ0n) is 10.8. The molecule has 0 amide bonds. The molecule has 0 saturated heterocycles. The molecular formula is C13H11N5O2S. The first-order valence-electron chi connectivity index (χ1n) is 5.90. The van der Waals surface area contributed by atoms with Crippen LogP contribution in [0.2, 0.25) is 0 Å². The molecule has 0 aliphatic carbocycles. The highest BCUT2D eigenvalue weighted by Gasteiger charge is 2.12. The first-order chi connectivity index (χ1) is 10.2. The monoisotopic (exact) mass is 301 g/mol. The van der Waals surface area contributed by atoms with Crippen molar-refractivity contribution in [2.24, 2.45) is 5.10 Å². The Kier molecular flexibility index (Phi) is 4.89. The van der Waals surface area contributed by atoms with E-state index in [2.05, 4.69) is 20.8 Å². The van der Waals surface area contributed by atoms with Gasteiger partial charge in [-0.1, -0.05) is 12.1 Å². The van der Waals surface area contributed by atoms with Gasteiger partial charge in [-0.25, -0.2) is 0 Å². The SMILES string of the molecule is O=[N+]([O-])c1ccccc1NC(=S)N/N=C\c1ccncc1. The highest BCUT2D eigenvalue weighted by atomic mass is 32.1. The van der Waals surface area contributed by atoms with Crippen molar-refractivity contribution >= 4 is 34.9 Å². The van der Waals surface area contributed by atoms with Crippen LogP contribution in [0.4, 0.5) is 11.4 Å². The van der Waals surface area contributed by atoms with Gasteiger partial charge < -0.3 is 5.32 Å². The van der Waals surface area contributed by atoms with Gasteiger partial charge in [0.15, 0.2) is 5.11 Å². The minimum Gasteiger partial charge on any atom is -0.326 e. The predicted octanol–water partition coefficient (Wildman–Crippen LogP) is 2.31. The Balaban J connectivity index is 1.97. The Labute approximate surface area is 125 Å². The molecule has 0 fully saturated rings. The molecule has 2 rings (SSSR count). The Morgan fingerprint density at radius 2 is 2.00 bits per heavy atom. The summed E-state index contributed by atoms with van der Waals surface area (Å²) < 4.78 is 0. The quantitative estimate of drug-likeness (QED) is 0.389. The molecule has 7 nitrogen and oxygen atoms in total. The first-order valence-corrected chi connectivity index (χ1v) is 6.31. The van der Waals surface area contributed by atoms with Crippen LogP contribution in [0, 0.1) is 10.1 Å². The Bertz CT molecular complexity index is 675. The van der Waals surface area contributed by atoms with Crippen LogP contribution in [0.5, 0.6) is 0 Å². The number of nitro groups is 1. The van der Waals surface area contributed by atoms with Crippen molar-refractivity contribution in [3.63, 3.8) is 0 Å². The zero-order valence-corrected chi connectivity index (χ0v) is 11.6. The summed E-state index contributed by atoms with van der Waals surface area (Å²) in [4.78, 5) is 14.3. The van der Waals surface area contributed by atoms with Crippen LogP contribution in [0.15, 0.2) is 53.9 Å². The van der Waals surface area contributed by atoms with Gasteiger partial charge >= 0.3 is 0 Å². The number of pyridine rings is 1. The van der Waals surface area contributed by atoms with E-state index in [0.717, 1.165) is 5.56 Å². The second-order valence-electron chi connectivity index (χ2n) is 3.88. The summed E-state index contributed by atoms with van der Waals surface area (Å²) in [5.74, 6) is 0. The second kappa shape index (κ2) is 7.06. The van der Waals surface area contributed by atoms with E-state index in [1.807, 2.05) is 0 Å². The smallest absolute Gasteiger partial charge is 0.292 e. The Morgan fingerprint density at radius 3 is 2.71 bits per heavy atom. The summed E-state index contributed by atoms with van der Waals surface area (Å²) >= 11 is 5.03. The molecular weight excluding hydrogens is 290 g/mol. The van der Waals surface area contributed by atoms with Crippen molar-refractivity contribution in [1.82, 2.24) is 10.4 Å². The number of hydrazone groups is 1. The lowest BCUT2D eigenvalue weighted by Gasteiger charge is -2.07. The fourth-order valence-corrected chi connectivity index (χ4v) is 1.67. The lowest BCUT2D eigenvalue weighted by molar-refractivity contribution is -0.383. The molecule has 2 aromatic rings. The topological polar surface area (TPSA) is 92.5 Å². The number of benzene rings is 1. The average Bonchev–Trinajstić information content (AvgIpc) is 2.48. The lowest BCUT2D eigenvalue weighted by atomic mass is 10.3. The van der Waals surface area contributed by atoms with Crippen molar-refractivity contribution in [3.8, 4) is 0 Å². The molecule has 1 heterocycles. The third kappa shape index (κ3) is 4.32. The highest BCUT2D eigenvalue weighted by molar-refractivity contribution is 7.80. The predicted molar refractivity (Wildman–Crippen MR) is 84.3 cm³/mol. The lowest BCUT2D eigenvalue weighted by Crippen LogP contribution is -2.24. The maximum Gasteiger partial charge on any atom is 0.292 e. The molecule has 1 aromatic carbocycles. The number of hydrogen-bond donors (Lipinski definition) is 2. The minimum absolute atomic E-state index is 0.0558. The fourth-order valence-electron chi connectivity index (χ4n) is 1.50. The van der Waals surface area contributed by atoms with Gasteiger partial charge in [0.25, 0.3) is 5.69 Å². The van der Waals surface area contributed by atoms with E-state index in [1.54, 1.807) is 48.9 Å². The minimum atomic E-state index is -0.481. The summed E-state index contributed by atoms with van der Waals surface area (Å²) in [5.41, 5.74) is 3.69. The number of para-hydroxylation sites is 2. The van der Waals surface area contributed by atoms with Gasteiger partial charge in [0.1, 0.15) is 5.69 Å². The molecule has 1 aromatic heterocycles. The average molecular weight is 301 g/mol. The van der Waals surface area contributed by atoms with Crippen LogP contribution in [0.25, 0.3) is 0 Å². The van der Waals surface area contributed by atoms with Crippen LogP contribution < -0.4 is 10.7 Å². The molecule has 0 radical (unpaired) electrons. The van der Waals surface area contributed by atoms with Crippen LogP contribution in [0.1, 0.15) is 5.56 Å². The molecule has 0 bridgehead atoms. The molecule has 2 N–H and O–H groups in total. The third-order valence-corrected chi connectivity index (χ3v) is 2.63. The molecule has 106 valence electrons. The molecule has 21 heavy (non-hydrogen) atoms. The number of nitrogens with zero attached hydrogens (tertiary/aromatic N) is 3. The number of rotatable bonds is 4. The van der Waals surface area contributed by atoms with Crippen LogP contribution in [-0.2, 0) is 0 Å². The van der Waals surface area contributed by atoms with Gasteiger partial charge in [0.2, 0.25) is 0 Å². The maximum absolute atomic E-state index is 10.9. The zero-order chi connectivity index (χ0) is 15.1. The van der Waals surface area contributed by atoms with E-state index in [9.17, 15) is 10.1 Å². The normalized spacial score (nSPS) is 10.3. The summed E-state index contributed by atoms with van der Waals surface area (Å²) in [5, 5.41) is 17.7. The van der Waals surface area contributed by atoms with Crippen molar-refractivity contribution in [2.75, 3.05) is 5.32 Å². The van der Waals surface area contributed by atoms with Gasteiger partial charge in [-0.2, -0.15) is 5.10 Å². The molecule has 0 saturated carbocycles. The van der Waals surface area contributed by atoms with E-state index in [0.29, 0.717) is 5.69 Å². The van der Waals surface area contributed by atoms with Crippen molar-refractivity contribution in [1.29, 1.82) is 0 Å². The summed E-state index contributed by atoms with van der Waals surface area (Å²) in [6.45, 7) is 0. The van der Waals surface area contributed by atoms with Gasteiger partial charge in [-0.3, -0.25) is 20.5 Å². The second-order valence-corrected chi connectivity index (χ2v) is 4.29. The Hall–Kier alpha value is -2.87. The Morgan fingerprint density at radius 1 is 1.29 bits per heavy atom. The fraction of sp³-hybridized carbons (Fsp3) is 0. The highest BCUT2D eigenvalue weighted by Crippen LogP contribution is 2.22. The number of nitro benzene ring substituents is 1. The molecule has 0 aliphatic heterocycles. The number of anilines is 1. The van der Waals surface area contributed by atoms with Crippen molar-refractivity contribution in [2.45, 2.75) is 0 Å². The number of hydrogen-bond acceptors (Lipinski definition) is 5.